The quantitative estimate of drug-likeness (QED) is 0.880. The molecule has 0 radical (unpaired) electrons. The van der Waals surface area contributed by atoms with Crippen molar-refractivity contribution in [3.05, 3.63) is 24.0 Å². The average Bonchev–Trinajstić information content (AvgIpc) is 2.70. The van der Waals surface area contributed by atoms with Gasteiger partial charge in [0.1, 0.15) is 11.9 Å². The molecule has 0 unspecified atom stereocenters. The van der Waals surface area contributed by atoms with E-state index < -0.39 is 6.09 Å². The summed E-state index contributed by atoms with van der Waals surface area (Å²) in [4.78, 5) is 13.0. The number of nitrogens with one attached hydrogen (secondary N) is 1. The van der Waals surface area contributed by atoms with Crippen LogP contribution in [0.1, 0.15) is 13.3 Å². The maximum atomic E-state index is 13.6. The molecule has 1 heterocycles. The zero-order valence-corrected chi connectivity index (χ0v) is 9.87. The Labute approximate surface area is 99.4 Å². The molecule has 1 aliphatic rings. The predicted molar refractivity (Wildman–Crippen MR) is 63.9 cm³/mol. The van der Waals surface area contributed by atoms with Crippen LogP contribution in [0.25, 0.3) is 0 Å². The number of hydrogen-bond donors (Lipinski definition) is 1. The summed E-state index contributed by atoms with van der Waals surface area (Å²) in [6.07, 6.45) is 0.252. The molecule has 0 aliphatic carbocycles. The van der Waals surface area contributed by atoms with Crippen LogP contribution in [0.2, 0.25) is 0 Å². The third-order valence-corrected chi connectivity index (χ3v) is 2.86. The number of halogens is 1. The second kappa shape index (κ2) is 4.61. The SMILES string of the molecule is CC[C@H]1CN(c2ccc(NC)c(F)c2)C(=O)O1. The van der Waals surface area contributed by atoms with Gasteiger partial charge in [0.25, 0.3) is 0 Å². The van der Waals surface area contributed by atoms with Gasteiger partial charge in [0.2, 0.25) is 0 Å². The number of benzene rings is 1. The second-order valence-electron chi connectivity index (χ2n) is 3.94. The lowest BCUT2D eigenvalue weighted by molar-refractivity contribution is 0.139. The van der Waals surface area contributed by atoms with Gasteiger partial charge in [-0.15, -0.1) is 0 Å². The lowest BCUT2D eigenvalue weighted by atomic mass is 10.2. The Kier molecular flexibility index (Phi) is 3.17. The lowest BCUT2D eigenvalue weighted by Crippen LogP contribution is -2.24. The summed E-state index contributed by atoms with van der Waals surface area (Å²) in [5, 5.41) is 2.73. The molecule has 1 aromatic carbocycles. The van der Waals surface area contributed by atoms with Gasteiger partial charge in [-0.05, 0) is 24.6 Å². The van der Waals surface area contributed by atoms with Gasteiger partial charge in [-0.25, -0.2) is 9.18 Å². The largest absolute Gasteiger partial charge is 0.444 e. The molecule has 5 heteroatoms. The molecule has 0 spiro atoms. The Hall–Kier alpha value is -1.78. The van der Waals surface area contributed by atoms with E-state index in [9.17, 15) is 9.18 Å². The van der Waals surface area contributed by atoms with Crippen LogP contribution in [0.15, 0.2) is 18.2 Å². The van der Waals surface area contributed by atoms with Crippen molar-refractivity contribution >= 4 is 17.5 Å². The van der Waals surface area contributed by atoms with E-state index in [0.717, 1.165) is 6.42 Å². The molecule has 2 rings (SSSR count). The Morgan fingerprint density at radius 2 is 2.35 bits per heavy atom. The van der Waals surface area contributed by atoms with Crippen molar-refractivity contribution in [2.75, 3.05) is 23.8 Å². The third-order valence-electron chi connectivity index (χ3n) is 2.86. The minimum absolute atomic E-state index is 0.102. The third kappa shape index (κ3) is 2.18. The van der Waals surface area contributed by atoms with Crippen molar-refractivity contribution in [3.8, 4) is 0 Å². The summed E-state index contributed by atoms with van der Waals surface area (Å²) < 4.78 is 18.7. The monoisotopic (exact) mass is 238 g/mol. The molecule has 92 valence electrons. The maximum absolute atomic E-state index is 13.6. The van der Waals surface area contributed by atoms with Crippen LogP contribution in [0.5, 0.6) is 0 Å². The Morgan fingerprint density at radius 3 is 2.88 bits per heavy atom. The zero-order chi connectivity index (χ0) is 12.4. The maximum Gasteiger partial charge on any atom is 0.414 e. The summed E-state index contributed by atoms with van der Waals surface area (Å²) in [6, 6.07) is 4.65. The van der Waals surface area contributed by atoms with Crippen LogP contribution in [-0.4, -0.2) is 25.8 Å². The Morgan fingerprint density at radius 1 is 1.59 bits per heavy atom. The summed E-state index contributed by atoms with van der Waals surface area (Å²) in [7, 11) is 1.65. The highest BCUT2D eigenvalue weighted by molar-refractivity contribution is 5.90. The van der Waals surface area contributed by atoms with Crippen LogP contribution in [0.3, 0.4) is 0 Å². The fourth-order valence-corrected chi connectivity index (χ4v) is 1.82. The lowest BCUT2D eigenvalue weighted by Gasteiger charge is -2.14. The highest BCUT2D eigenvalue weighted by Crippen LogP contribution is 2.26. The molecule has 0 bridgehead atoms. The Balaban J connectivity index is 2.23. The van der Waals surface area contributed by atoms with Crippen molar-refractivity contribution < 1.29 is 13.9 Å². The van der Waals surface area contributed by atoms with Gasteiger partial charge in [-0.3, -0.25) is 4.90 Å². The zero-order valence-electron chi connectivity index (χ0n) is 9.87. The van der Waals surface area contributed by atoms with Crippen LogP contribution in [0.4, 0.5) is 20.6 Å². The number of amides is 1. The van der Waals surface area contributed by atoms with Crippen molar-refractivity contribution in [3.63, 3.8) is 0 Å². The Bertz CT molecular complexity index is 437. The average molecular weight is 238 g/mol. The minimum atomic E-state index is -0.409. The smallest absolute Gasteiger partial charge is 0.414 e. The molecule has 17 heavy (non-hydrogen) atoms. The predicted octanol–water partition coefficient (Wildman–Crippen LogP) is 2.60. The number of nitrogens with zero attached hydrogens (tertiary/aromatic N) is 1. The molecule has 1 N–H and O–H groups in total. The van der Waals surface area contributed by atoms with Gasteiger partial charge in [-0.2, -0.15) is 0 Å². The summed E-state index contributed by atoms with van der Waals surface area (Å²) in [5.74, 6) is -0.377. The number of carbonyl (C=O) groups excluding carboxylic acids is 1. The molecule has 1 amide bonds. The van der Waals surface area contributed by atoms with Gasteiger partial charge in [0.05, 0.1) is 17.9 Å². The first-order chi connectivity index (χ1) is 8.15. The molecule has 4 nitrogen and oxygen atoms in total. The van der Waals surface area contributed by atoms with Crippen LogP contribution in [0, 0.1) is 5.82 Å². The van der Waals surface area contributed by atoms with Gasteiger partial charge in [-0.1, -0.05) is 6.92 Å². The summed E-state index contributed by atoms with van der Waals surface area (Å²) >= 11 is 0. The van der Waals surface area contributed by atoms with E-state index >= 15 is 0 Å². The van der Waals surface area contributed by atoms with Crippen LogP contribution < -0.4 is 10.2 Å². The molecular weight excluding hydrogens is 223 g/mol. The summed E-state index contributed by atoms with van der Waals surface area (Å²) in [5.41, 5.74) is 0.941. The number of carbonyl (C=O) groups is 1. The molecule has 0 saturated carbocycles. The number of rotatable bonds is 3. The summed E-state index contributed by atoms with van der Waals surface area (Å²) in [6.45, 7) is 2.43. The molecular formula is C12H15FN2O2. The molecule has 1 fully saturated rings. The first-order valence-electron chi connectivity index (χ1n) is 5.61. The van der Waals surface area contributed by atoms with Crippen LogP contribution >= 0.6 is 0 Å². The van der Waals surface area contributed by atoms with Gasteiger partial charge in [0, 0.05) is 7.05 Å². The first-order valence-corrected chi connectivity index (χ1v) is 5.61. The fourth-order valence-electron chi connectivity index (χ4n) is 1.82. The minimum Gasteiger partial charge on any atom is -0.444 e. The van der Waals surface area contributed by atoms with Crippen molar-refractivity contribution in [2.45, 2.75) is 19.4 Å². The van der Waals surface area contributed by atoms with E-state index in [1.807, 2.05) is 6.92 Å². The van der Waals surface area contributed by atoms with E-state index in [2.05, 4.69) is 5.32 Å². The fraction of sp³-hybridized carbons (Fsp3) is 0.417. The van der Waals surface area contributed by atoms with E-state index in [1.54, 1.807) is 19.2 Å². The first kappa shape index (κ1) is 11.7. The number of anilines is 2. The van der Waals surface area contributed by atoms with Crippen molar-refractivity contribution in [1.29, 1.82) is 0 Å². The molecule has 1 saturated heterocycles. The molecule has 1 aromatic rings. The van der Waals surface area contributed by atoms with Crippen LogP contribution in [-0.2, 0) is 4.74 Å². The number of hydrogen-bond acceptors (Lipinski definition) is 3. The molecule has 1 atom stereocenters. The number of cyclic esters (lactones) is 1. The highest BCUT2D eigenvalue weighted by atomic mass is 19.1. The van der Waals surface area contributed by atoms with Gasteiger partial charge in [0.15, 0.2) is 0 Å². The topological polar surface area (TPSA) is 41.6 Å². The molecule has 1 aliphatic heterocycles. The molecule has 0 aromatic heterocycles. The standard InChI is InChI=1S/C12H15FN2O2/c1-3-9-7-15(12(16)17-9)8-4-5-11(14-2)10(13)6-8/h4-6,9,14H,3,7H2,1-2H3/t9-/m0/s1. The highest BCUT2D eigenvalue weighted by Gasteiger charge is 2.31. The van der Waals surface area contributed by atoms with Crippen molar-refractivity contribution in [1.82, 2.24) is 0 Å². The van der Waals surface area contributed by atoms with E-state index in [0.29, 0.717) is 17.9 Å². The second-order valence-corrected chi connectivity index (χ2v) is 3.94. The van der Waals surface area contributed by atoms with E-state index in [4.69, 9.17) is 4.74 Å². The van der Waals surface area contributed by atoms with Gasteiger partial charge < -0.3 is 10.1 Å². The number of ether oxygens (including phenoxy) is 1. The van der Waals surface area contributed by atoms with E-state index in [-0.39, 0.29) is 11.9 Å². The van der Waals surface area contributed by atoms with Gasteiger partial charge >= 0.3 is 6.09 Å². The van der Waals surface area contributed by atoms with E-state index in [1.165, 1.54) is 11.0 Å². The normalized spacial score (nSPS) is 19.4. The van der Waals surface area contributed by atoms with Crippen molar-refractivity contribution in [2.24, 2.45) is 0 Å².